The molecular weight excluding hydrogens is 230 g/mol. The number of sulfonamides is 1. The number of likely N-dealkylation sites (tertiary alicyclic amines) is 1. The monoisotopic (exact) mass is 249 g/mol. The van der Waals surface area contributed by atoms with E-state index in [-0.39, 0.29) is 18.5 Å². The zero-order valence-corrected chi connectivity index (χ0v) is 10.5. The van der Waals surface area contributed by atoms with E-state index in [0.29, 0.717) is 13.1 Å². The molecule has 0 radical (unpaired) electrons. The third-order valence-corrected chi connectivity index (χ3v) is 3.22. The number of hydrogen-bond donors (Lipinski definition) is 2. The molecule has 16 heavy (non-hydrogen) atoms. The smallest absolute Gasteiger partial charge is 0.239 e. The first kappa shape index (κ1) is 13.4. The number of likely N-dealkylation sites (N-methyl/N-ethyl adjacent to an activating group) is 1. The van der Waals surface area contributed by atoms with E-state index in [1.54, 1.807) is 4.90 Å². The Labute approximate surface area is 96.4 Å². The van der Waals surface area contributed by atoms with Gasteiger partial charge >= 0.3 is 0 Å². The van der Waals surface area contributed by atoms with E-state index in [0.717, 1.165) is 19.2 Å². The Morgan fingerprint density at radius 2 is 2.19 bits per heavy atom. The van der Waals surface area contributed by atoms with Gasteiger partial charge < -0.3 is 10.2 Å². The van der Waals surface area contributed by atoms with Gasteiger partial charge in [0.2, 0.25) is 15.9 Å². The van der Waals surface area contributed by atoms with Crippen LogP contribution in [0.1, 0.15) is 13.3 Å². The van der Waals surface area contributed by atoms with Crippen LogP contribution in [-0.2, 0) is 14.8 Å². The molecule has 0 bridgehead atoms. The van der Waals surface area contributed by atoms with Crippen molar-refractivity contribution < 1.29 is 13.2 Å². The van der Waals surface area contributed by atoms with Gasteiger partial charge in [-0.05, 0) is 13.0 Å². The lowest BCUT2D eigenvalue weighted by molar-refractivity contribution is -0.129. The molecule has 2 N–H and O–H groups in total. The molecule has 1 fully saturated rings. The van der Waals surface area contributed by atoms with Gasteiger partial charge in [-0.25, -0.2) is 13.1 Å². The summed E-state index contributed by atoms with van der Waals surface area (Å²) in [6.45, 7) is 4.14. The topological polar surface area (TPSA) is 78.5 Å². The van der Waals surface area contributed by atoms with E-state index in [9.17, 15) is 13.2 Å². The molecule has 1 amide bonds. The Morgan fingerprint density at radius 3 is 2.75 bits per heavy atom. The van der Waals surface area contributed by atoms with Crippen molar-refractivity contribution in [2.45, 2.75) is 19.4 Å². The first-order chi connectivity index (χ1) is 7.44. The van der Waals surface area contributed by atoms with Crippen LogP contribution >= 0.6 is 0 Å². The van der Waals surface area contributed by atoms with Crippen LogP contribution in [0.15, 0.2) is 0 Å². The highest BCUT2D eigenvalue weighted by Crippen LogP contribution is 2.09. The fraction of sp³-hybridized carbons (Fsp3) is 0.889. The Kier molecular flexibility index (Phi) is 4.69. The number of nitrogens with one attached hydrogen (secondary N) is 2. The second kappa shape index (κ2) is 5.60. The molecule has 0 aliphatic carbocycles. The zero-order valence-electron chi connectivity index (χ0n) is 9.69. The van der Waals surface area contributed by atoms with Gasteiger partial charge in [0, 0.05) is 19.6 Å². The number of amides is 1. The maximum Gasteiger partial charge on any atom is 0.239 e. The fourth-order valence-electron chi connectivity index (χ4n) is 1.76. The maximum absolute atomic E-state index is 11.7. The van der Waals surface area contributed by atoms with Crippen molar-refractivity contribution >= 4 is 15.9 Å². The molecule has 0 saturated carbocycles. The van der Waals surface area contributed by atoms with Gasteiger partial charge in [-0.3, -0.25) is 4.79 Å². The van der Waals surface area contributed by atoms with Gasteiger partial charge in [0.05, 0.1) is 12.3 Å². The molecule has 7 heteroatoms. The van der Waals surface area contributed by atoms with Crippen molar-refractivity contribution in [2.75, 3.05) is 32.4 Å². The van der Waals surface area contributed by atoms with Gasteiger partial charge in [-0.15, -0.1) is 0 Å². The van der Waals surface area contributed by atoms with Crippen LogP contribution in [0.4, 0.5) is 0 Å². The van der Waals surface area contributed by atoms with Gasteiger partial charge in [0.25, 0.3) is 0 Å². The van der Waals surface area contributed by atoms with Crippen LogP contribution in [0.2, 0.25) is 0 Å². The average molecular weight is 249 g/mol. The van der Waals surface area contributed by atoms with E-state index < -0.39 is 10.0 Å². The van der Waals surface area contributed by atoms with Gasteiger partial charge in [-0.1, -0.05) is 6.92 Å². The summed E-state index contributed by atoms with van der Waals surface area (Å²) in [5.41, 5.74) is 0. The number of hydrogen-bond acceptors (Lipinski definition) is 4. The lowest BCUT2D eigenvalue weighted by atomic mass is 10.2. The van der Waals surface area contributed by atoms with Gasteiger partial charge in [-0.2, -0.15) is 0 Å². The van der Waals surface area contributed by atoms with Crippen molar-refractivity contribution in [3.05, 3.63) is 0 Å². The van der Waals surface area contributed by atoms with Crippen molar-refractivity contribution in [3.63, 3.8) is 0 Å². The number of rotatable bonds is 6. The SMILES string of the molecule is CCNC1CCN(CCNS(C)(=O)=O)C1=O. The number of carbonyl (C=O) groups excluding carboxylic acids is 1. The summed E-state index contributed by atoms with van der Waals surface area (Å²) >= 11 is 0. The van der Waals surface area contributed by atoms with Crippen molar-refractivity contribution in [1.29, 1.82) is 0 Å². The molecule has 0 aromatic rings. The minimum absolute atomic E-state index is 0.0668. The lowest BCUT2D eigenvalue weighted by Crippen LogP contribution is -2.41. The Hall–Kier alpha value is -0.660. The summed E-state index contributed by atoms with van der Waals surface area (Å²) in [5, 5.41) is 3.10. The molecular formula is C9H19N3O3S. The lowest BCUT2D eigenvalue weighted by Gasteiger charge is -2.16. The minimum Gasteiger partial charge on any atom is -0.340 e. The average Bonchev–Trinajstić information content (AvgIpc) is 2.48. The highest BCUT2D eigenvalue weighted by Gasteiger charge is 2.30. The first-order valence-electron chi connectivity index (χ1n) is 5.41. The number of carbonyl (C=O) groups is 1. The molecule has 94 valence electrons. The molecule has 0 aromatic heterocycles. The third-order valence-electron chi connectivity index (χ3n) is 2.49. The van der Waals surface area contributed by atoms with Gasteiger partial charge in [0.1, 0.15) is 0 Å². The van der Waals surface area contributed by atoms with E-state index in [2.05, 4.69) is 10.0 Å². The van der Waals surface area contributed by atoms with E-state index >= 15 is 0 Å². The van der Waals surface area contributed by atoms with Gasteiger partial charge in [0.15, 0.2) is 0 Å². The minimum atomic E-state index is -3.16. The second-order valence-corrected chi connectivity index (χ2v) is 5.72. The second-order valence-electron chi connectivity index (χ2n) is 3.89. The van der Waals surface area contributed by atoms with Crippen molar-refractivity contribution in [1.82, 2.24) is 14.9 Å². The molecule has 1 saturated heterocycles. The predicted molar refractivity (Wildman–Crippen MR) is 61.5 cm³/mol. The zero-order chi connectivity index (χ0) is 12.2. The standard InChI is InChI=1S/C9H19N3O3S/c1-3-10-8-4-6-12(9(8)13)7-5-11-16(2,14)15/h8,10-11H,3-7H2,1-2H3. The van der Waals surface area contributed by atoms with Crippen LogP contribution in [-0.4, -0.2) is 57.7 Å². The van der Waals surface area contributed by atoms with Crippen LogP contribution in [0.25, 0.3) is 0 Å². The largest absolute Gasteiger partial charge is 0.340 e. The van der Waals surface area contributed by atoms with E-state index in [4.69, 9.17) is 0 Å². The summed E-state index contributed by atoms with van der Waals surface area (Å²) in [6, 6.07) is -0.0942. The van der Waals surface area contributed by atoms with Crippen LogP contribution in [0.3, 0.4) is 0 Å². The summed E-state index contributed by atoms with van der Waals surface area (Å²) in [6.07, 6.45) is 1.91. The molecule has 1 unspecified atom stereocenters. The predicted octanol–water partition coefficient (Wildman–Crippen LogP) is -1.25. The summed E-state index contributed by atoms with van der Waals surface area (Å²) in [4.78, 5) is 13.4. The maximum atomic E-state index is 11.7. The van der Waals surface area contributed by atoms with Crippen LogP contribution in [0, 0.1) is 0 Å². The quantitative estimate of drug-likeness (QED) is 0.616. The van der Waals surface area contributed by atoms with E-state index in [1.807, 2.05) is 6.92 Å². The van der Waals surface area contributed by atoms with Crippen molar-refractivity contribution in [2.24, 2.45) is 0 Å². The molecule has 1 heterocycles. The highest BCUT2D eigenvalue weighted by atomic mass is 32.2. The van der Waals surface area contributed by atoms with Crippen LogP contribution in [0.5, 0.6) is 0 Å². The first-order valence-corrected chi connectivity index (χ1v) is 7.30. The molecule has 1 atom stereocenters. The Bertz CT molecular complexity index is 342. The molecule has 0 spiro atoms. The normalized spacial score (nSPS) is 21.8. The Morgan fingerprint density at radius 1 is 1.50 bits per heavy atom. The van der Waals surface area contributed by atoms with Crippen molar-refractivity contribution in [3.8, 4) is 0 Å². The third kappa shape index (κ3) is 4.07. The van der Waals surface area contributed by atoms with E-state index in [1.165, 1.54) is 0 Å². The summed E-state index contributed by atoms with van der Waals surface area (Å²) in [7, 11) is -3.16. The fourth-order valence-corrected chi connectivity index (χ4v) is 2.22. The molecule has 1 rings (SSSR count). The summed E-state index contributed by atoms with van der Waals surface area (Å²) < 4.78 is 24.0. The molecule has 6 nitrogen and oxygen atoms in total. The Balaban J connectivity index is 2.32. The molecule has 0 aromatic carbocycles. The molecule has 1 aliphatic heterocycles. The van der Waals surface area contributed by atoms with Crippen LogP contribution < -0.4 is 10.0 Å². The highest BCUT2D eigenvalue weighted by molar-refractivity contribution is 7.88. The number of nitrogens with zero attached hydrogens (tertiary/aromatic N) is 1. The summed E-state index contributed by atoms with van der Waals surface area (Å²) in [5.74, 6) is 0.0668. The molecule has 1 aliphatic rings.